The van der Waals surface area contributed by atoms with Crippen molar-refractivity contribution in [1.82, 2.24) is 4.98 Å². The predicted molar refractivity (Wildman–Crippen MR) is 98.8 cm³/mol. The second-order valence-corrected chi connectivity index (χ2v) is 7.36. The first kappa shape index (κ1) is 16.8. The standard InChI is InChI=1S/C17H13ClN2O2S2/c18-11-1-5-14(6-2-11)24-15-7-3-12(4-8-15)19-17-20-13(10-23-17)9-16(21)22/h1-8,10H,9H2,(H,19,20)(H,21,22). The molecule has 0 atom stereocenters. The van der Waals surface area contributed by atoms with Gasteiger partial charge in [-0.2, -0.15) is 0 Å². The zero-order valence-electron chi connectivity index (χ0n) is 12.4. The molecule has 0 radical (unpaired) electrons. The van der Waals surface area contributed by atoms with Crippen LogP contribution in [-0.2, 0) is 11.2 Å². The number of benzene rings is 2. The molecular weight excluding hydrogens is 364 g/mol. The quantitative estimate of drug-likeness (QED) is 0.609. The summed E-state index contributed by atoms with van der Waals surface area (Å²) >= 11 is 8.94. The minimum atomic E-state index is -0.879. The first-order valence-corrected chi connectivity index (χ1v) is 9.12. The van der Waals surface area contributed by atoms with Crippen LogP contribution in [-0.4, -0.2) is 16.1 Å². The number of rotatable bonds is 6. The number of carboxylic acid groups (broad SMARTS) is 1. The van der Waals surface area contributed by atoms with Gasteiger partial charge >= 0.3 is 5.97 Å². The summed E-state index contributed by atoms with van der Waals surface area (Å²) in [6.45, 7) is 0. The summed E-state index contributed by atoms with van der Waals surface area (Å²) in [4.78, 5) is 17.2. The number of carbonyl (C=O) groups is 1. The van der Waals surface area contributed by atoms with Crippen LogP contribution in [0.25, 0.3) is 0 Å². The third-order valence-electron chi connectivity index (χ3n) is 3.04. The van der Waals surface area contributed by atoms with Gasteiger partial charge in [-0.15, -0.1) is 11.3 Å². The summed E-state index contributed by atoms with van der Waals surface area (Å²) in [7, 11) is 0. The molecule has 0 aliphatic carbocycles. The molecule has 3 aromatic rings. The Hall–Kier alpha value is -2.02. The predicted octanol–water partition coefficient (Wildman–Crippen LogP) is 5.32. The number of hydrogen-bond donors (Lipinski definition) is 2. The number of aromatic nitrogens is 1. The average Bonchev–Trinajstić information content (AvgIpc) is 2.98. The molecule has 0 amide bonds. The van der Waals surface area contributed by atoms with E-state index in [2.05, 4.69) is 10.3 Å². The van der Waals surface area contributed by atoms with Crippen molar-refractivity contribution in [3.63, 3.8) is 0 Å². The Balaban J connectivity index is 1.62. The van der Waals surface area contributed by atoms with Crippen molar-refractivity contribution in [3.05, 3.63) is 64.6 Å². The lowest BCUT2D eigenvalue weighted by atomic mass is 10.3. The summed E-state index contributed by atoms with van der Waals surface area (Å²) in [5.74, 6) is -0.879. The van der Waals surface area contributed by atoms with E-state index >= 15 is 0 Å². The highest BCUT2D eigenvalue weighted by molar-refractivity contribution is 7.99. The van der Waals surface area contributed by atoms with Gasteiger partial charge < -0.3 is 10.4 Å². The molecule has 0 saturated heterocycles. The number of nitrogens with one attached hydrogen (secondary N) is 1. The minimum absolute atomic E-state index is 0.0607. The first-order valence-electron chi connectivity index (χ1n) is 7.05. The van der Waals surface area contributed by atoms with E-state index in [1.165, 1.54) is 11.3 Å². The molecular formula is C17H13ClN2O2S2. The molecule has 24 heavy (non-hydrogen) atoms. The van der Waals surface area contributed by atoms with Crippen molar-refractivity contribution < 1.29 is 9.90 Å². The molecule has 1 aromatic heterocycles. The summed E-state index contributed by atoms with van der Waals surface area (Å²) in [6.07, 6.45) is -0.0607. The van der Waals surface area contributed by atoms with Crippen LogP contribution in [0.5, 0.6) is 0 Å². The van der Waals surface area contributed by atoms with E-state index in [0.29, 0.717) is 10.8 Å². The number of anilines is 2. The van der Waals surface area contributed by atoms with Crippen molar-refractivity contribution in [3.8, 4) is 0 Å². The van der Waals surface area contributed by atoms with Gasteiger partial charge in [0.25, 0.3) is 0 Å². The maximum Gasteiger partial charge on any atom is 0.309 e. The highest BCUT2D eigenvalue weighted by Gasteiger charge is 2.06. The van der Waals surface area contributed by atoms with Gasteiger partial charge in [-0.1, -0.05) is 23.4 Å². The molecule has 0 aliphatic rings. The van der Waals surface area contributed by atoms with Crippen LogP contribution in [0.1, 0.15) is 5.69 Å². The molecule has 0 aliphatic heterocycles. The Labute approximate surface area is 152 Å². The lowest BCUT2D eigenvalue weighted by Crippen LogP contribution is -2.00. The van der Waals surface area contributed by atoms with Crippen LogP contribution in [0.15, 0.2) is 63.7 Å². The Bertz CT molecular complexity index is 833. The Kier molecular flexibility index (Phi) is 5.40. The van der Waals surface area contributed by atoms with Crippen molar-refractivity contribution >= 4 is 51.5 Å². The van der Waals surface area contributed by atoms with Crippen LogP contribution in [0, 0.1) is 0 Å². The van der Waals surface area contributed by atoms with Gasteiger partial charge in [-0.25, -0.2) is 4.98 Å². The molecule has 2 N–H and O–H groups in total. The van der Waals surface area contributed by atoms with E-state index in [1.54, 1.807) is 17.1 Å². The molecule has 4 nitrogen and oxygen atoms in total. The second kappa shape index (κ2) is 7.70. The normalized spacial score (nSPS) is 10.5. The van der Waals surface area contributed by atoms with E-state index in [-0.39, 0.29) is 6.42 Å². The molecule has 3 rings (SSSR count). The van der Waals surface area contributed by atoms with Gasteiger partial charge in [0, 0.05) is 25.9 Å². The molecule has 1 heterocycles. The van der Waals surface area contributed by atoms with Crippen LogP contribution in [0.3, 0.4) is 0 Å². The molecule has 0 saturated carbocycles. The van der Waals surface area contributed by atoms with Gasteiger partial charge in [0.15, 0.2) is 5.13 Å². The first-order chi connectivity index (χ1) is 11.6. The molecule has 0 spiro atoms. The fourth-order valence-electron chi connectivity index (χ4n) is 1.97. The largest absolute Gasteiger partial charge is 0.481 e. The maximum absolute atomic E-state index is 10.7. The topological polar surface area (TPSA) is 62.2 Å². The van der Waals surface area contributed by atoms with E-state index < -0.39 is 5.97 Å². The third-order valence-corrected chi connectivity index (χ3v) is 5.11. The van der Waals surface area contributed by atoms with Crippen LogP contribution in [0.2, 0.25) is 5.02 Å². The summed E-state index contributed by atoms with van der Waals surface area (Å²) in [5.41, 5.74) is 1.47. The Morgan fingerprint density at radius 2 is 1.75 bits per heavy atom. The lowest BCUT2D eigenvalue weighted by Gasteiger charge is -2.05. The van der Waals surface area contributed by atoms with Crippen LogP contribution >= 0.6 is 34.7 Å². The van der Waals surface area contributed by atoms with Gasteiger partial charge in [0.05, 0.1) is 12.1 Å². The van der Waals surface area contributed by atoms with Crippen LogP contribution < -0.4 is 5.32 Å². The summed E-state index contributed by atoms with van der Waals surface area (Å²) in [6, 6.07) is 15.7. The zero-order valence-corrected chi connectivity index (χ0v) is 14.8. The van der Waals surface area contributed by atoms with Crippen molar-refractivity contribution in [2.24, 2.45) is 0 Å². The SMILES string of the molecule is O=C(O)Cc1csc(Nc2ccc(Sc3ccc(Cl)cc3)cc2)n1. The van der Waals surface area contributed by atoms with E-state index in [0.717, 1.165) is 20.5 Å². The number of aliphatic carboxylic acids is 1. The molecule has 7 heteroatoms. The maximum atomic E-state index is 10.7. The number of thiazole rings is 1. The smallest absolute Gasteiger partial charge is 0.309 e. The highest BCUT2D eigenvalue weighted by Crippen LogP contribution is 2.30. The monoisotopic (exact) mass is 376 g/mol. The van der Waals surface area contributed by atoms with Crippen molar-refractivity contribution in [2.75, 3.05) is 5.32 Å². The zero-order chi connectivity index (χ0) is 16.9. The second-order valence-electron chi connectivity index (χ2n) is 4.92. The van der Waals surface area contributed by atoms with Crippen LogP contribution in [0.4, 0.5) is 10.8 Å². The summed E-state index contributed by atoms with van der Waals surface area (Å²) in [5, 5.41) is 15.1. The van der Waals surface area contributed by atoms with Gasteiger partial charge in [-0.3, -0.25) is 4.79 Å². The van der Waals surface area contributed by atoms with Gasteiger partial charge in [0.1, 0.15) is 0 Å². The van der Waals surface area contributed by atoms with Gasteiger partial charge in [0.2, 0.25) is 0 Å². The van der Waals surface area contributed by atoms with E-state index in [9.17, 15) is 4.79 Å². The number of nitrogens with zero attached hydrogens (tertiary/aromatic N) is 1. The fourth-order valence-corrected chi connectivity index (χ4v) is 3.64. The third kappa shape index (κ3) is 4.74. The average molecular weight is 377 g/mol. The molecule has 122 valence electrons. The number of hydrogen-bond acceptors (Lipinski definition) is 5. The number of carboxylic acids is 1. The molecule has 0 unspecified atom stereocenters. The minimum Gasteiger partial charge on any atom is -0.481 e. The van der Waals surface area contributed by atoms with E-state index in [4.69, 9.17) is 16.7 Å². The molecule has 0 fully saturated rings. The van der Waals surface area contributed by atoms with Crippen molar-refractivity contribution in [1.29, 1.82) is 0 Å². The highest BCUT2D eigenvalue weighted by atomic mass is 35.5. The fraction of sp³-hybridized carbons (Fsp3) is 0.0588. The van der Waals surface area contributed by atoms with E-state index in [1.807, 2.05) is 48.5 Å². The van der Waals surface area contributed by atoms with Gasteiger partial charge in [-0.05, 0) is 48.5 Å². The number of halogens is 1. The Morgan fingerprint density at radius 1 is 1.12 bits per heavy atom. The molecule has 0 bridgehead atoms. The summed E-state index contributed by atoms with van der Waals surface area (Å²) < 4.78 is 0. The lowest BCUT2D eigenvalue weighted by molar-refractivity contribution is -0.136. The molecule has 2 aromatic carbocycles. The Morgan fingerprint density at radius 3 is 2.38 bits per heavy atom. The van der Waals surface area contributed by atoms with Crippen molar-refractivity contribution in [2.45, 2.75) is 16.2 Å².